The van der Waals surface area contributed by atoms with Gasteiger partial charge in [0.2, 0.25) is 0 Å². The van der Waals surface area contributed by atoms with Crippen molar-refractivity contribution >= 4 is 22.7 Å². The highest BCUT2D eigenvalue weighted by Gasteiger charge is 2.27. The van der Waals surface area contributed by atoms with Gasteiger partial charge in [-0.3, -0.25) is 9.78 Å². The molecule has 8 heteroatoms. The topological polar surface area (TPSA) is 100 Å². The molecule has 29 heavy (non-hydrogen) atoms. The molecule has 150 valence electrons. The molecular formula is C21H23N5O3. The largest absolute Gasteiger partial charge is 0.478 e. The summed E-state index contributed by atoms with van der Waals surface area (Å²) in [7, 11) is 3.71. The second-order valence-electron chi connectivity index (χ2n) is 7.60. The molecule has 0 spiro atoms. The Morgan fingerprint density at radius 3 is 2.66 bits per heavy atom. The molecule has 1 aromatic carbocycles. The van der Waals surface area contributed by atoms with Crippen molar-refractivity contribution in [3.05, 3.63) is 64.1 Å². The van der Waals surface area contributed by atoms with Crippen molar-refractivity contribution in [1.82, 2.24) is 19.7 Å². The molecule has 2 atom stereocenters. The molecule has 8 nitrogen and oxygen atoms in total. The fraction of sp³-hybridized carbons (Fsp3) is 0.333. The molecule has 3 heterocycles. The van der Waals surface area contributed by atoms with Gasteiger partial charge in [0.1, 0.15) is 5.52 Å². The maximum Gasteiger partial charge on any atom is 0.335 e. The average Bonchev–Trinajstić information content (AvgIpc) is 2.71. The van der Waals surface area contributed by atoms with Crippen LogP contribution < -0.4 is 10.9 Å². The Hall–Kier alpha value is -3.26. The number of fused-ring (bicyclic) bond motifs is 1. The molecule has 1 aliphatic rings. The highest BCUT2D eigenvalue weighted by Crippen LogP contribution is 2.29. The zero-order valence-electron chi connectivity index (χ0n) is 16.4. The van der Waals surface area contributed by atoms with Gasteiger partial charge in [0.15, 0.2) is 5.82 Å². The van der Waals surface area contributed by atoms with Gasteiger partial charge in [-0.15, -0.1) is 0 Å². The summed E-state index contributed by atoms with van der Waals surface area (Å²) in [6.45, 7) is 1.73. The summed E-state index contributed by atoms with van der Waals surface area (Å²) in [6.07, 6.45) is 2.53. The Labute approximate surface area is 167 Å². The Morgan fingerprint density at radius 2 is 1.93 bits per heavy atom. The molecule has 0 radical (unpaired) electrons. The average molecular weight is 393 g/mol. The van der Waals surface area contributed by atoms with Gasteiger partial charge in [-0.25, -0.2) is 9.48 Å². The highest BCUT2D eigenvalue weighted by atomic mass is 16.4. The molecule has 0 saturated carbocycles. The predicted octanol–water partition coefficient (Wildman–Crippen LogP) is 1.93. The van der Waals surface area contributed by atoms with Crippen molar-refractivity contribution in [3.8, 4) is 0 Å². The minimum absolute atomic E-state index is 0.119. The maximum absolute atomic E-state index is 12.3. The van der Waals surface area contributed by atoms with Crippen LogP contribution in [0.25, 0.3) is 10.9 Å². The summed E-state index contributed by atoms with van der Waals surface area (Å²) in [5.41, 5.74) is 1.81. The van der Waals surface area contributed by atoms with Crippen molar-refractivity contribution in [2.75, 3.05) is 25.5 Å². The smallest absolute Gasteiger partial charge is 0.335 e. The molecule has 3 aromatic rings. The summed E-state index contributed by atoms with van der Waals surface area (Å²) < 4.78 is 1.33. The van der Waals surface area contributed by atoms with Crippen LogP contribution in [0.5, 0.6) is 0 Å². The number of carboxylic acid groups (broad SMARTS) is 1. The normalized spacial score (nSPS) is 19.9. The SMILES string of the molecule is CN1C[C@H](Nc2nn(C)c(=O)c3cccnc23)C[C@H](c2ccc(C(=O)O)cc2)C1. The van der Waals surface area contributed by atoms with Crippen molar-refractivity contribution in [3.63, 3.8) is 0 Å². The summed E-state index contributed by atoms with van der Waals surface area (Å²) in [5, 5.41) is 17.5. The zero-order valence-corrected chi connectivity index (χ0v) is 16.4. The first-order chi connectivity index (χ1) is 13.9. The molecule has 1 saturated heterocycles. The van der Waals surface area contributed by atoms with Crippen LogP contribution in [0.3, 0.4) is 0 Å². The van der Waals surface area contributed by atoms with Gasteiger partial charge < -0.3 is 15.3 Å². The lowest BCUT2D eigenvalue weighted by Crippen LogP contribution is -2.44. The van der Waals surface area contributed by atoms with Crippen LogP contribution in [0.2, 0.25) is 0 Å². The Morgan fingerprint density at radius 1 is 1.17 bits per heavy atom. The number of piperidine rings is 1. The Balaban J connectivity index is 1.60. The fourth-order valence-electron chi connectivity index (χ4n) is 4.04. The molecule has 2 aromatic heterocycles. The predicted molar refractivity (Wildman–Crippen MR) is 110 cm³/mol. The van der Waals surface area contributed by atoms with E-state index in [1.54, 1.807) is 37.5 Å². The van der Waals surface area contributed by atoms with Crippen LogP contribution in [0.1, 0.15) is 28.3 Å². The van der Waals surface area contributed by atoms with Crippen molar-refractivity contribution in [1.29, 1.82) is 0 Å². The van der Waals surface area contributed by atoms with Crippen LogP contribution >= 0.6 is 0 Å². The third-order valence-electron chi connectivity index (χ3n) is 5.41. The standard InChI is InChI=1S/C21H23N5O3/c1-25-11-15(13-5-7-14(8-6-13)21(28)29)10-16(12-25)23-19-18-17(4-3-9-22-18)20(27)26(2)24-19/h3-9,15-16H,10-12H2,1-2H3,(H,23,24)(H,28,29)/t15-,16+/m0/s1. The first-order valence-corrected chi connectivity index (χ1v) is 9.52. The molecule has 2 N–H and O–H groups in total. The van der Waals surface area contributed by atoms with E-state index in [4.69, 9.17) is 5.11 Å². The second kappa shape index (κ2) is 7.63. The number of likely N-dealkylation sites (tertiary alicyclic amines) is 1. The van der Waals surface area contributed by atoms with Crippen LogP contribution in [0.4, 0.5) is 5.82 Å². The Kier molecular flexibility index (Phi) is 5.02. The molecule has 0 bridgehead atoms. The van der Waals surface area contributed by atoms with Gasteiger partial charge >= 0.3 is 5.97 Å². The lowest BCUT2D eigenvalue weighted by atomic mass is 9.88. The van der Waals surface area contributed by atoms with E-state index >= 15 is 0 Å². The zero-order chi connectivity index (χ0) is 20.5. The molecule has 0 unspecified atom stereocenters. The van der Waals surface area contributed by atoms with Gasteiger partial charge in [0.05, 0.1) is 10.9 Å². The van der Waals surface area contributed by atoms with E-state index in [1.165, 1.54) is 4.68 Å². The lowest BCUT2D eigenvalue weighted by Gasteiger charge is -2.36. The molecule has 0 amide bonds. The number of aryl methyl sites for hydroxylation is 1. The van der Waals surface area contributed by atoms with E-state index in [1.807, 2.05) is 12.1 Å². The number of carboxylic acids is 1. The van der Waals surface area contributed by atoms with Gasteiger partial charge in [0.25, 0.3) is 5.56 Å². The van der Waals surface area contributed by atoms with Crippen LogP contribution in [-0.2, 0) is 7.05 Å². The number of likely N-dealkylation sites (N-methyl/N-ethyl adjacent to an activating group) is 1. The van der Waals surface area contributed by atoms with E-state index in [-0.39, 0.29) is 17.5 Å². The number of anilines is 1. The summed E-state index contributed by atoms with van der Waals surface area (Å²) in [5.74, 6) is -0.0548. The monoisotopic (exact) mass is 393 g/mol. The van der Waals surface area contributed by atoms with Gasteiger partial charge in [0, 0.05) is 32.4 Å². The van der Waals surface area contributed by atoms with Gasteiger partial charge in [-0.2, -0.15) is 5.10 Å². The quantitative estimate of drug-likeness (QED) is 0.698. The minimum Gasteiger partial charge on any atom is -0.478 e. The van der Waals surface area contributed by atoms with Crippen molar-refractivity contribution in [2.45, 2.75) is 18.4 Å². The number of hydrogen-bond acceptors (Lipinski definition) is 6. The van der Waals surface area contributed by atoms with Gasteiger partial charge in [-0.05, 0) is 49.2 Å². The highest BCUT2D eigenvalue weighted by molar-refractivity contribution is 5.88. The first kappa shape index (κ1) is 19.1. The molecule has 1 fully saturated rings. The van der Waals surface area contributed by atoms with Gasteiger partial charge in [-0.1, -0.05) is 12.1 Å². The molecular weight excluding hydrogens is 370 g/mol. The van der Waals surface area contributed by atoms with E-state index in [2.05, 4.69) is 27.3 Å². The van der Waals surface area contributed by atoms with Crippen LogP contribution in [-0.4, -0.2) is 56.9 Å². The molecule has 4 rings (SSSR count). The fourth-order valence-corrected chi connectivity index (χ4v) is 4.04. The van der Waals surface area contributed by atoms with E-state index < -0.39 is 5.97 Å². The number of pyridine rings is 1. The summed E-state index contributed by atoms with van der Waals surface area (Å²) in [4.78, 5) is 30.0. The number of benzene rings is 1. The number of hydrogen-bond donors (Lipinski definition) is 2. The van der Waals surface area contributed by atoms with E-state index in [0.29, 0.717) is 22.3 Å². The number of carbonyl (C=O) groups is 1. The van der Waals surface area contributed by atoms with Crippen LogP contribution in [0, 0.1) is 0 Å². The number of rotatable bonds is 4. The maximum atomic E-state index is 12.3. The van der Waals surface area contributed by atoms with Crippen molar-refractivity contribution in [2.24, 2.45) is 7.05 Å². The minimum atomic E-state index is -0.919. The number of aromatic nitrogens is 3. The number of nitrogens with zero attached hydrogens (tertiary/aromatic N) is 4. The van der Waals surface area contributed by atoms with Crippen LogP contribution in [0.15, 0.2) is 47.4 Å². The number of aromatic carboxylic acids is 1. The Bertz CT molecular complexity index is 1110. The summed E-state index contributed by atoms with van der Waals surface area (Å²) in [6, 6.07) is 10.7. The molecule has 1 aliphatic heterocycles. The second-order valence-corrected chi connectivity index (χ2v) is 7.60. The summed E-state index contributed by atoms with van der Waals surface area (Å²) >= 11 is 0. The third-order valence-corrected chi connectivity index (χ3v) is 5.41. The number of nitrogens with one attached hydrogen (secondary N) is 1. The lowest BCUT2D eigenvalue weighted by molar-refractivity contribution is 0.0697. The van der Waals surface area contributed by atoms with Crippen molar-refractivity contribution < 1.29 is 9.90 Å². The van der Waals surface area contributed by atoms with E-state index in [0.717, 1.165) is 25.1 Å². The van der Waals surface area contributed by atoms with E-state index in [9.17, 15) is 9.59 Å². The molecule has 0 aliphatic carbocycles. The third kappa shape index (κ3) is 3.84. The first-order valence-electron chi connectivity index (χ1n) is 9.52.